The monoisotopic (exact) mass is 355 g/mol. The van der Waals surface area contributed by atoms with E-state index in [0.717, 1.165) is 11.1 Å². The molecule has 0 aromatic heterocycles. The SMILES string of the molecule is CC(C)C1C=C(c2ccc(O)c(N3CC(=O)NS3=O)c2Cl)CN1. The fourth-order valence-corrected chi connectivity index (χ4v) is 4.14. The second kappa shape index (κ2) is 6.14. The number of phenolic OH excluding ortho intramolecular Hbond substituents is 1. The van der Waals surface area contributed by atoms with E-state index in [4.69, 9.17) is 11.6 Å². The number of benzene rings is 1. The van der Waals surface area contributed by atoms with Crippen LogP contribution in [0.25, 0.3) is 5.57 Å². The molecule has 23 heavy (non-hydrogen) atoms. The van der Waals surface area contributed by atoms with Gasteiger partial charge < -0.3 is 10.4 Å². The van der Waals surface area contributed by atoms with Crippen molar-refractivity contribution in [2.45, 2.75) is 19.9 Å². The number of aromatic hydroxyl groups is 1. The number of phenols is 1. The standard InChI is InChI=1S/C15H18ClN3O3S/c1-8(2)11-5-9(6-17-11)10-3-4-12(20)15(14(10)16)19-7-13(21)18-23(19)22/h3-5,8,11,17,20H,6-7H2,1-2H3,(H,18,21). The molecule has 124 valence electrons. The van der Waals surface area contributed by atoms with E-state index in [2.05, 4.69) is 30.0 Å². The molecule has 3 N–H and O–H groups in total. The fourth-order valence-electron chi connectivity index (χ4n) is 2.75. The minimum Gasteiger partial charge on any atom is -0.506 e. The summed E-state index contributed by atoms with van der Waals surface area (Å²) in [6.45, 7) is 4.83. The first-order valence-corrected chi connectivity index (χ1v) is 8.81. The van der Waals surface area contributed by atoms with Crippen LogP contribution in [0.15, 0.2) is 18.2 Å². The van der Waals surface area contributed by atoms with Crippen LogP contribution in [0.1, 0.15) is 19.4 Å². The highest BCUT2D eigenvalue weighted by atomic mass is 35.5. The lowest BCUT2D eigenvalue weighted by molar-refractivity contribution is -0.117. The lowest BCUT2D eigenvalue weighted by Gasteiger charge is -2.19. The Kier molecular flexibility index (Phi) is 4.35. The Hall–Kier alpha value is -1.57. The number of carbonyl (C=O) groups is 1. The third kappa shape index (κ3) is 2.96. The second-order valence-electron chi connectivity index (χ2n) is 5.95. The molecule has 1 aromatic rings. The maximum atomic E-state index is 12.0. The molecule has 8 heteroatoms. The Bertz CT molecular complexity index is 720. The van der Waals surface area contributed by atoms with Gasteiger partial charge in [0.1, 0.15) is 18.0 Å². The van der Waals surface area contributed by atoms with E-state index in [1.807, 2.05) is 0 Å². The Morgan fingerprint density at radius 3 is 2.74 bits per heavy atom. The highest BCUT2D eigenvalue weighted by Gasteiger charge is 2.32. The molecule has 3 rings (SSSR count). The molecule has 1 amide bonds. The Labute approximate surface area is 142 Å². The zero-order chi connectivity index (χ0) is 16.7. The van der Waals surface area contributed by atoms with Crippen LogP contribution in [0.5, 0.6) is 5.75 Å². The largest absolute Gasteiger partial charge is 0.506 e. The van der Waals surface area contributed by atoms with Crippen LogP contribution in [-0.2, 0) is 16.0 Å². The minimum absolute atomic E-state index is 0.101. The van der Waals surface area contributed by atoms with Crippen LogP contribution < -0.4 is 14.3 Å². The van der Waals surface area contributed by atoms with Crippen molar-refractivity contribution >= 4 is 39.9 Å². The molecule has 2 aliphatic rings. The molecule has 0 aliphatic carbocycles. The molecule has 0 spiro atoms. The molecule has 1 aromatic carbocycles. The molecule has 0 saturated carbocycles. The van der Waals surface area contributed by atoms with Gasteiger partial charge in [0.05, 0.1) is 5.02 Å². The Morgan fingerprint density at radius 1 is 1.43 bits per heavy atom. The Balaban J connectivity index is 2.02. The van der Waals surface area contributed by atoms with Crippen LogP contribution in [0.2, 0.25) is 5.02 Å². The number of nitrogens with zero attached hydrogens (tertiary/aromatic N) is 1. The van der Waals surface area contributed by atoms with Crippen LogP contribution in [0.4, 0.5) is 5.69 Å². The van der Waals surface area contributed by atoms with Gasteiger partial charge in [0, 0.05) is 12.6 Å². The van der Waals surface area contributed by atoms with E-state index in [-0.39, 0.29) is 29.9 Å². The molecule has 2 aliphatic heterocycles. The topological polar surface area (TPSA) is 81.7 Å². The minimum atomic E-state index is -1.73. The fraction of sp³-hybridized carbons (Fsp3) is 0.400. The summed E-state index contributed by atoms with van der Waals surface area (Å²) in [6.07, 6.45) is 2.12. The van der Waals surface area contributed by atoms with Gasteiger partial charge in [0.15, 0.2) is 0 Å². The quantitative estimate of drug-likeness (QED) is 0.768. The number of amides is 1. The zero-order valence-electron chi connectivity index (χ0n) is 12.8. The average Bonchev–Trinajstić information content (AvgIpc) is 3.07. The first kappa shape index (κ1) is 16.3. The third-order valence-electron chi connectivity index (χ3n) is 4.01. The van der Waals surface area contributed by atoms with Gasteiger partial charge in [0.2, 0.25) is 11.2 Å². The number of hydrogen-bond acceptors (Lipinski definition) is 4. The average molecular weight is 356 g/mol. The van der Waals surface area contributed by atoms with Gasteiger partial charge in [-0.2, -0.15) is 0 Å². The van der Waals surface area contributed by atoms with E-state index in [1.165, 1.54) is 10.4 Å². The number of carbonyl (C=O) groups excluding carboxylic acids is 1. The molecule has 0 bridgehead atoms. The lowest BCUT2D eigenvalue weighted by atomic mass is 10.0. The van der Waals surface area contributed by atoms with Crippen molar-refractivity contribution in [2.24, 2.45) is 5.92 Å². The van der Waals surface area contributed by atoms with Gasteiger partial charge >= 0.3 is 0 Å². The normalized spacial score (nSPS) is 24.3. The molecule has 1 saturated heterocycles. The van der Waals surface area contributed by atoms with E-state index in [9.17, 15) is 14.1 Å². The van der Waals surface area contributed by atoms with E-state index in [0.29, 0.717) is 17.5 Å². The van der Waals surface area contributed by atoms with Gasteiger partial charge in [-0.3, -0.25) is 13.8 Å². The number of halogens is 1. The summed E-state index contributed by atoms with van der Waals surface area (Å²) in [5.41, 5.74) is 2.01. The molecular weight excluding hydrogens is 338 g/mol. The molecule has 2 atom stereocenters. The van der Waals surface area contributed by atoms with E-state index in [1.54, 1.807) is 6.07 Å². The summed E-state index contributed by atoms with van der Waals surface area (Å²) in [5.74, 6) is -0.0165. The molecule has 0 radical (unpaired) electrons. The summed E-state index contributed by atoms with van der Waals surface area (Å²) in [7, 11) is 0. The maximum Gasteiger partial charge on any atom is 0.253 e. The van der Waals surface area contributed by atoms with Crippen LogP contribution in [0, 0.1) is 5.92 Å². The highest BCUT2D eigenvalue weighted by Crippen LogP contribution is 2.41. The first-order valence-electron chi connectivity index (χ1n) is 7.33. The van der Waals surface area contributed by atoms with Crippen molar-refractivity contribution in [3.05, 3.63) is 28.8 Å². The van der Waals surface area contributed by atoms with Gasteiger partial charge in [-0.15, -0.1) is 0 Å². The van der Waals surface area contributed by atoms with Crippen LogP contribution >= 0.6 is 11.6 Å². The molecule has 1 fully saturated rings. The van der Waals surface area contributed by atoms with E-state index < -0.39 is 11.2 Å². The van der Waals surface area contributed by atoms with Gasteiger partial charge in [-0.1, -0.05) is 31.5 Å². The zero-order valence-corrected chi connectivity index (χ0v) is 14.4. The maximum absolute atomic E-state index is 12.0. The number of nitrogens with one attached hydrogen (secondary N) is 2. The Morgan fingerprint density at radius 2 is 2.17 bits per heavy atom. The number of rotatable bonds is 3. The van der Waals surface area contributed by atoms with Crippen molar-refractivity contribution in [3.63, 3.8) is 0 Å². The van der Waals surface area contributed by atoms with Crippen LogP contribution in [0.3, 0.4) is 0 Å². The lowest BCUT2D eigenvalue weighted by Crippen LogP contribution is -2.27. The van der Waals surface area contributed by atoms with Gasteiger partial charge in [0.25, 0.3) is 5.91 Å². The number of anilines is 1. The predicted octanol–water partition coefficient (Wildman–Crippen LogP) is 1.57. The second-order valence-corrected chi connectivity index (χ2v) is 7.47. The first-order chi connectivity index (χ1) is 10.9. The van der Waals surface area contributed by atoms with Crippen molar-refractivity contribution in [1.82, 2.24) is 10.0 Å². The van der Waals surface area contributed by atoms with Crippen molar-refractivity contribution in [2.75, 3.05) is 17.4 Å². The summed E-state index contributed by atoms with van der Waals surface area (Å²) in [5, 5.41) is 13.8. The third-order valence-corrected chi connectivity index (χ3v) is 5.50. The molecule has 2 unspecified atom stereocenters. The highest BCUT2D eigenvalue weighted by molar-refractivity contribution is 7.85. The molecule has 2 heterocycles. The van der Waals surface area contributed by atoms with Crippen molar-refractivity contribution in [1.29, 1.82) is 0 Å². The van der Waals surface area contributed by atoms with Crippen LogP contribution in [-0.4, -0.2) is 34.4 Å². The summed E-state index contributed by atoms with van der Waals surface area (Å²) in [4.78, 5) is 11.4. The van der Waals surface area contributed by atoms with Gasteiger partial charge in [-0.05, 0) is 29.2 Å². The summed E-state index contributed by atoms with van der Waals surface area (Å²) in [6, 6.07) is 3.52. The predicted molar refractivity (Wildman–Crippen MR) is 91.4 cm³/mol. The molecular formula is C15H18ClN3O3S. The summed E-state index contributed by atoms with van der Waals surface area (Å²) >= 11 is 4.74. The van der Waals surface area contributed by atoms with E-state index >= 15 is 0 Å². The summed E-state index contributed by atoms with van der Waals surface area (Å²) < 4.78 is 15.5. The van der Waals surface area contributed by atoms with Crippen molar-refractivity contribution in [3.8, 4) is 5.75 Å². The van der Waals surface area contributed by atoms with Gasteiger partial charge in [-0.25, -0.2) is 4.21 Å². The van der Waals surface area contributed by atoms with Crippen molar-refractivity contribution < 1.29 is 14.1 Å². The number of hydrogen-bond donors (Lipinski definition) is 3. The molecule has 6 nitrogen and oxygen atoms in total. The smallest absolute Gasteiger partial charge is 0.253 e.